The van der Waals surface area contributed by atoms with Crippen molar-refractivity contribution in [2.75, 3.05) is 11.4 Å². The number of rotatable bonds is 7. The van der Waals surface area contributed by atoms with Crippen LogP contribution < -0.4 is 9.64 Å². The van der Waals surface area contributed by atoms with E-state index in [4.69, 9.17) is 16.3 Å². The highest BCUT2D eigenvalue weighted by Gasteiger charge is 2.10. The SMILES string of the molecule is CCN(Cc1c[nH]cn1)c1ccc(OCc2ccccc2)c(Cl)c1. The Kier molecular flexibility index (Phi) is 5.39. The minimum atomic E-state index is 0.505. The van der Waals surface area contributed by atoms with Crippen molar-refractivity contribution in [2.24, 2.45) is 0 Å². The molecule has 0 fully saturated rings. The number of H-pyrrole nitrogens is 1. The van der Waals surface area contributed by atoms with E-state index < -0.39 is 0 Å². The Balaban J connectivity index is 1.69. The largest absolute Gasteiger partial charge is 0.487 e. The molecule has 0 aliphatic rings. The van der Waals surface area contributed by atoms with Gasteiger partial charge in [0, 0.05) is 18.4 Å². The Morgan fingerprint density at radius 1 is 1.17 bits per heavy atom. The molecule has 5 heteroatoms. The van der Waals surface area contributed by atoms with Crippen LogP contribution in [0.2, 0.25) is 5.02 Å². The highest BCUT2D eigenvalue weighted by atomic mass is 35.5. The first-order chi connectivity index (χ1) is 11.8. The molecule has 2 aromatic carbocycles. The van der Waals surface area contributed by atoms with Crippen LogP contribution in [0.4, 0.5) is 5.69 Å². The van der Waals surface area contributed by atoms with E-state index in [2.05, 4.69) is 21.8 Å². The van der Waals surface area contributed by atoms with E-state index in [0.29, 0.717) is 17.4 Å². The van der Waals surface area contributed by atoms with Crippen LogP contribution in [0.1, 0.15) is 18.2 Å². The number of hydrogen-bond donors (Lipinski definition) is 1. The molecular formula is C19H20ClN3O. The number of aromatic amines is 1. The monoisotopic (exact) mass is 341 g/mol. The zero-order chi connectivity index (χ0) is 16.8. The fourth-order valence-electron chi connectivity index (χ4n) is 2.50. The van der Waals surface area contributed by atoms with Gasteiger partial charge in [-0.25, -0.2) is 4.98 Å². The number of nitrogens with zero attached hydrogens (tertiary/aromatic N) is 2. The molecule has 3 aromatic rings. The number of ether oxygens (including phenoxy) is 1. The van der Waals surface area contributed by atoms with Gasteiger partial charge in [-0.1, -0.05) is 41.9 Å². The minimum absolute atomic E-state index is 0.505. The van der Waals surface area contributed by atoms with Gasteiger partial charge in [-0.3, -0.25) is 0 Å². The fourth-order valence-corrected chi connectivity index (χ4v) is 2.73. The highest BCUT2D eigenvalue weighted by molar-refractivity contribution is 6.32. The normalized spacial score (nSPS) is 10.6. The van der Waals surface area contributed by atoms with Gasteiger partial charge >= 0.3 is 0 Å². The second-order valence-electron chi connectivity index (χ2n) is 5.46. The van der Waals surface area contributed by atoms with E-state index >= 15 is 0 Å². The first kappa shape index (κ1) is 16.4. The van der Waals surface area contributed by atoms with Crippen molar-refractivity contribution in [2.45, 2.75) is 20.1 Å². The van der Waals surface area contributed by atoms with Crippen molar-refractivity contribution in [3.8, 4) is 5.75 Å². The van der Waals surface area contributed by atoms with E-state index in [1.165, 1.54) is 0 Å². The molecule has 0 unspecified atom stereocenters. The predicted molar refractivity (Wildman–Crippen MR) is 97.5 cm³/mol. The Hall–Kier alpha value is -2.46. The molecule has 0 radical (unpaired) electrons. The number of benzene rings is 2. The average Bonchev–Trinajstić information content (AvgIpc) is 3.12. The van der Waals surface area contributed by atoms with Crippen molar-refractivity contribution >= 4 is 17.3 Å². The summed E-state index contributed by atoms with van der Waals surface area (Å²) in [7, 11) is 0. The second kappa shape index (κ2) is 7.88. The van der Waals surface area contributed by atoms with Crippen molar-refractivity contribution < 1.29 is 4.74 Å². The van der Waals surface area contributed by atoms with Crippen LogP contribution in [0.5, 0.6) is 5.75 Å². The Morgan fingerprint density at radius 2 is 2.00 bits per heavy atom. The standard InChI is InChI=1S/C19H20ClN3O/c1-2-23(12-16-11-21-14-22-16)17-8-9-19(18(20)10-17)24-13-15-6-4-3-5-7-15/h3-11,14H,2,12-13H2,1H3,(H,21,22). The number of anilines is 1. The lowest BCUT2D eigenvalue weighted by Gasteiger charge is -2.23. The number of halogens is 1. The molecule has 0 saturated carbocycles. The third kappa shape index (κ3) is 4.09. The third-order valence-corrected chi connectivity index (χ3v) is 4.10. The quantitative estimate of drug-likeness (QED) is 0.679. The smallest absolute Gasteiger partial charge is 0.138 e. The van der Waals surface area contributed by atoms with E-state index in [1.807, 2.05) is 54.7 Å². The van der Waals surface area contributed by atoms with Crippen LogP contribution in [0.3, 0.4) is 0 Å². The van der Waals surface area contributed by atoms with Gasteiger partial charge in [0.25, 0.3) is 0 Å². The maximum atomic E-state index is 6.41. The van der Waals surface area contributed by atoms with E-state index in [0.717, 1.165) is 30.0 Å². The van der Waals surface area contributed by atoms with Crippen molar-refractivity contribution in [1.82, 2.24) is 9.97 Å². The third-order valence-electron chi connectivity index (χ3n) is 3.81. The summed E-state index contributed by atoms with van der Waals surface area (Å²) in [5.41, 5.74) is 3.17. The molecule has 4 nitrogen and oxygen atoms in total. The molecule has 0 atom stereocenters. The molecule has 0 spiro atoms. The van der Waals surface area contributed by atoms with Crippen LogP contribution in [-0.4, -0.2) is 16.5 Å². The average molecular weight is 342 g/mol. The number of hydrogen-bond acceptors (Lipinski definition) is 3. The van der Waals surface area contributed by atoms with Gasteiger partial charge in [0.05, 0.1) is 23.6 Å². The molecule has 1 aromatic heterocycles. The zero-order valence-electron chi connectivity index (χ0n) is 13.6. The number of imidazole rings is 1. The summed E-state index contributed by atoms with van der Waals surface area (Å²) in [4.78, 5) is 9.47. The van der Waals surface area contributed by atoms with Crippen LogP contribution in [0.25, 0.3) is 0 Å². The van der Waals surface area contributed by atoms with Gasteiger partial charge in [0.15, 0.2) is 0 Å². The molecule has 0 aliphatic heterocycles. The van der Waals surface area contributed by atoms with Gasteiger partial charge < -0.3 is 14.6 Å². The Labute approximate surface area is 147 Å². The molecule has 1 heterocycles. The summed E-state index contributed by atoms with van der Waals surface area (Å²) in [6, 6.07) is 15.9. The molecule has 124 valence electrons. The summed E-state index contributed by atoms with van der Waals surface area (Å²) in [6.45, 7) is 4.22. The first-order valence-electron chi connectivity index (χ1n) is 7.95. The van der Waals surface area contributed by atoms with Gasteiger partial charge in [0.1, 0.15) is 12.4 Å². The molecule has 24 heavy (non-hydrogen) atoms. The van der Waals surface area contributed by atoms with E-state index in [-0.39, 0.29) is 0 Å². The molecule has 0 aliphatic carbocycles. The summed E-state index contributed by atoms with van der Waals surface area (Å²) in [5.74, 6) is 0.695. The maximum Gasteiger partial charge on any atom is 0.138 e. The van der Waals surface area contributed by atoms with E-state index in [1.54, 1.807) is 6.33 Å². The van der Waals surface area contributed by atoms with Crippen molar-refractivity contribution in [3.63, 3.8) is 0 Å². The van der Waals surface area contributed by atoms with Gasteiger partial charge in [-0.15, -0.1) is 0 Å². The van der Waals surface area contributed by atoms with Crippen LogP contribution in [0, 0.1) is 0 Å². The molecule has 3 rings (SSSR count). The Bertz CT molecular complexity index is 760. The van der Waals surface area contributed by atoms with Gasteiger partial charge in [-0.05, 0) is 30.7 Å². The summed E-state index contributed by atoms with van der Waals surface area (Å²) in [6.07, 6.45) is 3.60. The number of nitrogens with one attached hydrogen (secondary N) is 1. The lowest BCUT2D eigenvalue weighted by atomic mass is 10.2. The summed E-state index contributed by atoms with van der Waals surface area (Å²) in [5, 5.41) is 0.615. The predicted octanol–water partition coefficient (Wildman–Crippen LogP) is 4.67. The Morgan fingerprint density at radius 3 is 2.67 bits per heavy atom. The second-order valence-corrected chi connectivity index (χ2v) is 5.87. The molecule has 0 amide bonds. The van der Waals surface area contributed by atoms with Gasteiger partial charge in [0.2, 0.25) is 0 Å². The lowest BCUT2D eigenvalue weighted by molar-refractivity contribution is 0.306. The van der Waals surface area contributed by atoms with Crippen LogP contribution in [0.15, 0.2) is 61.1 Å². The van der Waals surface area contributed by atoms with Crippen LogP contribution >= 0.6 is 11.6 Å². The van der Waals surface area contributed by atoms with Crippen LogP contribution in [-0.2, 0) is 13.2 Å². The topological polar surface area (TPSA) is 41.2 Å². The summed E-state index contributed by atoms with van der Waals surface area (Å²) >= 11 is 6.41. The number of aromatic nitrogens is 2. The lowest BCUT2D eigenvalue weighted by Crippen LogP contribution is -2.22. The molecule has 1 N–H and O–H groups in total. The molecule has 0 saturated heterocycles. The first-order valence-corrected chi connectivity index (χ1v) is 8.33. The maximum absolute atomic E-state index is 6.41. The summed E-state index contributed by atoms with van der Waals surface area (Å²) < 4.78 is 5.83. The molecule has 0 bridgehead atoms. The fraction of sp³-hybridized carbons (Fsp3) is 0.211. The highest BCUT2D eigenvalue weighted by Crippen LogP contribution is 2.30. The van der Waals surface area contributed by atoms with Crippen molar-refractivity contribution in [3.05, 3.63) is 77.3 Å². The van der Waals surface area contributed by atoms with Crippen molar-refractivity contribution in [1.29, 1.82) is 0 Å². The van der Waals surface area contributed by atoms with E-state index in [9.17, 15) is 0 Å². The molecular weight excluding hydrogens is 322 g/mol. The van der Waals surface area contributed by atoms with Gasteiger partial charge in [-0.2, -0.15) is 0 Å². The minimum Gasteiger partial charge on any atom is -0.487 e. The zero-order valence-corrected chi connectivity index (χ0v) is 14.3.